The topological polar surface area (TPSA) is 44.8 Å². The van der Waals surface area contributed by atoms with Crippen LogP contribution in [0, 0.1) is 22.7 Å². The van der Waals surface area contributed by atoms with Crippen molar-refractivity contribution in [3.05, 3.63) is 23.8 Å². The van der Waals surface area contributed by atoms with Crippen LogP contribution in [-0.2, 0) is 19.0 Å². The van der Waals surface area contributed by atoms with Crippen molar-refractivity contribution in [1.82, 2.24) is 0 Å². The second-order valence-electron chi connectivity index (χ2n) is 10.9. The van der Waals surface area contributed by atoms with E-state index in [2.05, 4.69) is 6.92 Å². The molecule has 0 aromatic heterocycles. The lowest BCUT2D eigenvalue weighted by atomic mass is 9.46. The molecular formula is C24H29Cl2FO4S. The number of ether oxygens (including phenoxy) is 3. The van der Waals surface area contributed by atoms with Gasteiger partial charge in [-0.25, -0.2) is 4.39 Å². The van der Waals surface area contributed by atoms with Crippen molar-refractivity contribution in [2.45, 2.75) is 80.9 Å². The van der Waals surface area contributed by atoms with Gasteiger partial charge in [-0.15, -0.1) is 23.2 Å². The van der Waals surface area contributed by atoms with Crippen LogP contribution in [0.25, 0.3) is 0 Å². The summed E-state index contributed by atoms with van der Waals surface area (Å²) in [5.41, 5.74) is -1.97. The third kappa shape index (κ3) is 2.51. The highest BCUT2D eigenvalue weighted by Crippen LogP contribution is 2.74. The van der Waals surface area contributed by atoms with E-state index in [1.165, 1.54) is 12.2 Å². The highest BCUT2D eigenvalue weighted by atomic mass is 35.5. The summed E-state index contributed by atoms with van der Waals surface area (Å²) in [5, 5.41) is -0.177. The molecule has 0 bridgehead atoms. The molecule has 1 heterocycles. The molecule has 32 heavy (non-hydrogen) atoms. The maximum absolute atomic E-state index is 15.7. The fourth-order valence-electron chi connectivity index (χ4n) is 7.74. The number of hydrogen-bond donors (Lipinski definition) is 0. The van der Waals surface area contributed by atoms with E-state index in [0.29, 0.717) is 23.5 Å². The Labute approximate surface area is 203 Å². The molecule has 0 amide bonds. The van der Waals surface area contributed by atoms with Gasteiger partial charge in [0, 0.05) is 10.8 Å². The minimum atomic E-state index is -1.28. The molecular weight excluding hydrogens is 474 g/mol. The van der Waals surface area contributed by atoms with Crippen molar-refractivity contribution in [2.75, 3.05) is 7.11 Å². The van der Waals surface area contributed by atoms with Gasteiger partial charge in [0.2, 0.25) is 0 Å². The molecule has 4 fully saturated rings. The first kappa shape index (κ1) is 23.2. The van der Waals surface area contributed by atoms with Crippen molar-refractivity contribution < 1.29 is 23.4 Å². The highest BCUT2D eigenvalue weighted by molar-refractivity contribution is 7.80. The number of carbonyl (C=O) groups excluding carboxylic acids is 1. The summed E-state index contributed by atoms with van der Waals surface area (Å²) in [6, 6.07) is 0. The highest BCUT2D eigenvalue weighted by Gasteiger charge is 2.79. The first-order valence-electron chi connectivity index (χ1n) is 11.2. The van der Waals surface area contributed by atoms with Gasteiger partial charge in [-0.3, -0.25) is 4.79 Å². The Morgan fingerprint density at radius 1 is 1.25 bits per heavy atom. The summed E-state index contributed by atoms with van der Waals surface area (Å²) in [4.78, 5) is 11.1. The fraction of sp³-hybridized carbons (Fsp3) is 0.750. The number of ketones is 1. The minimum Gasteiger partial charge on any atom is -0.487 e. The van der Waals surface area contributed by atoms with Crippen molar-refractivity contribution >= 4 is 46.3 Å². The van der Waals surface area contributed by atoms with Crippen LogP contribution in [0.4, 0.5) is 4.39 Å². The van der Waals surface area contributed by atoms with E-state index >= 15 is 4.39 Å². The smallest absolute Gasteiger partial charge is 0.195 e. The third-order valence-corrected chi connectivity index (χ3v) is 11.1. The maximum atomic E-state index is 15.7. The van der Waals surface area contributed by atoms with Crippen LogP contribution in [0.2, 0.25) is 0 Å². The van der Waals surface area contributed by atoms with Crippen LogP contribution in [0.15, 0.2) is 23.8 Å². The number of rotatable bonds is 1. The quantitative estimate of drug-likeness (QED) is 0.359. The first-order valence-corrected chi connectivity index (χ1v) is 12.4. The van der Waals surface area contributed by atoms with Crippen LogP contribution in [0.3, 0.4) is 0 Å². The largest absolute Gasteiger partial charge is 0.487 e. The fourth-order valence-corrected chi connectivity index (χ4v) is 9.35. The number of hydrogen-bond acceptors (Lipinski definition) is 5. The summed E-state index contributed by atoms with van der Waals surface area (Å²) in [7, 11) is 1.55. The van der Waals surface area contributed by atoms with Gasteiger partial charge in [0.05, 0.1) is 23.5 Å². The average Bonchev–Trinajstić information content (AvgIpc) is 3.11. The molecule has 0 radical (unpaired) electrons. The molecule has 0 aromatic rings. The van der Waals surface area contributed by atoms with E-state index in [1.807, 2.05) is 20.8 Å². The first-order chi connectivity index (χ1) is 14.8. The van der Waals surface area contributed by atoms with E-state index in [0.717, 1.165) is 0 Å². The summed E-state index contributed by atoms with van der Waals surface area (Å²) >= 11 is 20.4. The number of methoxy groups -OCH3 is 1. The van der Waals surface area contributed by atoms with Gasteiger partial charge < -0.3 is 14.2 Å². The summed E-state index contributed by atoms with van der Waals surface area (Å²) < 4.78 is 34.2. The average molecular weight is 503 g/mol. The molecule has 1 aliphatic heterocycles. The van der Waals surface area contributed by atoms with Crippen molar-refractivity contribution in [3.8, 4) is 0 Å². The van der Waals surface area contributed by atoms with Crippen LogP contribution in [0.5, 0.6) is 0 Å². The van der Waals surface area contributed by atoms with Crippen molar-refractivity contribution in [3.63, 3.8) is 0 Å². The zero-order chi connectivity index (χ0) is 23.5. The van der Waals surface area contributed by atoms with Crippen LogP contribution in [-0.4, -0.2) is 51.9 Å². The number of halogens is 3. The van der Waals surface area contributed by atoms with Crippen molar-refractivity contribution in [2.24, 2.45) is 22.7 Å². The second kappa shape index (κ2) is 6.78. The molecule has 5 aliphatic rings. The number of fused-ring (bicyclic) bond motifs is 7. The monoisotopic (exact) mass is 502 g/mol. The minimum absolute atomic E-state index is 0.0492. The second-order valence-corrected chi connectivity index (χ2v) is 12.4. The van der Waals surface area contributed by atoms with Gasteiger partial charge in [-0.2, -0.15) is 0 Å². The number of carbonyl (C=O) groups is 1. The van der Waals surface area contributed by atoms with E-state index in [1.54, 1.807) is 13.2 Å². The zero-order valence-corrected chi connectivity index (χ0v) is 21.2. The SMILES string of the molecule is COC(=S)[C@@]12OC(C)(C)O[C@@H]1C[C@H]1[C@@H]3C[C@H](F)C4=CC(=O)C=C[C@]4(C)[C@@]3(Cl)[C@@H](Cl)C[C@@]12C. The summed E-state index contributed by atoms with van der Waals surface area (Å²) in [6.45, 7) is 7.77. The van der Waals surface area contributed by atoms with E-state index in [9.17, 15) is 4.79 Å². The van der Waals surface area contributed by atoms with Crippen LogP contribution < -0.4 is 0 Å². The van der Waals surface area contributed by atoms with Crippen molar-refractivity contribution in [1.29, 1.82) is 0 Å². The molecule has 1 saturated heterocycles. The molecule has 8 heteroatoms. The normalized spacial score (nSPS) is 53.1. The van der Waals surface area contributed by atoms with Gasteiger partial charge in [-0.05, 0) is 74.9 Å². The number of thiocarbonyl (C=S) groups is 1. The zero-order valence-electron chi connectivity index (χ0n) is 18.9. The molecule has 4 nitrogen and oxygen atoms in total. The molecule has 176 valence electrons. The predicted octanol–water partition coefficient (Wildman–Crippen LogP) is 5.30. The van der Waals surface area contributed by atoms with Gasteiger partial charge in [0.25, 0.3) is 0 Å². The maximum Gasteiger partial charge on any atom is 0.195 e. The lowest BCUT2D eigenvalue weighted by molar-refractivity contribution is -0.197. The Morgan fingerprint density at radius 2 is 1.94 bits per heavy atom. The van der Waals surface area contributed by atoms with Crippen LogP contribution in [0.1, 0.15) is 47.0 Å². The molecule has 5 rings (SSSR count). The van der Waals surface area contributed by atoms with Gasteiger partial charge in [-0.1, -0.05) is 19.9 Å². The Bertz CT molecular complexity index is 968. The van der Waals surface area contributed by atoms with Gasteiger partial charge >= 0.3 is 0 Å². The molecule has 4 aliphatic carbocycles. The van der Waals surface area contributed by atoms with E-state index in [4.69, 9.17) is 49.6 Å². The number of allylic oxidation sites excluding steroid dienone is 4. The number of alkyl halides is 3. The Morgan fingerprint density at radius 3 is 2.59 bits per heavy atom. The predicted molar refractivity (Wildman–Crippen MR) is 125 cm³/mol. The Balaban J connectivity index is 1.66. The lowest BCUT2D eigenvalue weighted by Crippen LogP contribution is -2.69. The summed E-state index contributed by atoms with van der Waals surface area (Å²) in [5.74, 6) is -1.36. The Kier molecular flexibility index (Phi) is 4.92. The lowest BCUT2D eigenvalue weighted by Gasteiger charge is -2.64. The molecule has 0 spiro atoms. The standard InChI is InChI=1S/C24H29Cl2FO4S/c1-20(2)30-18-10-13-14-9-16(27)15-8-12(28)6-7-21(15,3)23(14,26)17(25)11-22(13,4)24(18,31-20)19(32)29-5/h6-8,13-14,16-18H,9-11H2,1-5H3/t13-,14-,16-,17-,18+,21-,22-,23-,24-/m0/s1. The van der Waals surface area contributed by atoms with E-state index < -0.39 is 38.6 Å². The summed E-state index contributed by atoms with van der Waals surface area (Å²) in [6.07, 6.45) is 4.35. The third-order valence-electron chi connectivity index (χ3n) is 9.07. The Hall–Kier alpha value is -0.530. The van der Waals surface area contributed by atoms with Crippen LogP contribution >= 0.6 is 35.4 Å². The molecule has 0 aromatic carbocycles. The molecule has 3 saturated carbocycles. The van der Waals surface area contributed by atoms with Gasteiger partial charge in [0.1, 0.15) is 6.17 Å². The molecule has 0 N–H and O–H groups in total. The molecule has 0 unspecified atom stereocenters. The van der Waals surface area contributed by atoms with E-state index in [-0.39, 0.29) is 30.1 Å². The molecule has 9 atom stereocenters. The van der Waals surface area contributed by atoms with Gasteiger partial charge in [0.15, 0.2) is 22.2 Å².